The van der Waals surface area contributed by atoms with Crippen LogP contribution in [0.5, 0.6) is 11.5 Å². The summed E-state index contributed by atoms with van der Waals surface area (Å²) in [4.78, 5) is 23.7. The Kier molecular flexibility index (Phi) is 5.13. The van der Waals surface area contributed by atoms with Crippen LogP contribution in [0, 0.1) is 5.41 Å². The molecule has 0 atom stereocenters. The van der Waals surface area contributed by atoms with E-state index in [4.69, 9.17) is 14.2 Å². The Morgan fingerprint density at radius 1 is 1.10 bits per heavy atom. The number of rotatable bonds is 5. The van der Waals surface area contributed by atoms with Crippen molar-refractivity contribution >= 4 is 11.8 Å². The van der Waals surface area contributed by atoms with E-state index in [2.05, 4.69) is 0 Å². The molecule has 0 bridgehead atoms. The average Bonchev–Trinajstić information content (AvgIpc) is 2.42. The van der Waals surface area contributed by atoms with Crippen molar-refractivity contribution in [2.24, 2.45) is 5.41 Å². The van der Waals surface area contributed by atoms with Gasteiger partial charge in [0.1, 0.15) is 11.5 Å². The minimum Gasteiger partial charge on any atom is -0.497 e. The molecule has 0 heterocycles. The molecule has 0 radical (unpaired) electrons. The lowest BCUT2D eigenvalue weighted by Crippen LogP contribution is -2.25. The van der Waals surface area contributed by atoms with Crippen LogP contribution in [0.25, 0.3) is 0 Å². The van der Waals surface area contributed by atoms with Gasteiger partial charge in [-0.3, -0.25) is 9.59 Å². The predicted molar refractivity (Wildman–Crippen MR) is 74.3 cm³/mol. The topological polar surface area (TPSA) is 61.8 Å². The number of hydrogen-bond donors (Lipinski definition) is 0. The van der Waals surface area contributed by atoms with Gasteiger partial charge in [-0.15, -0.1) is 0 Å². The largest absolute Gasteiger partial charge is 0.497 e. The fourth-order valence-corrected chi connectivity index (χ4v) is 1.45. The molecule has 1 aromatic carbocycles. The van der Waals surface area contributed by atoms with Gasteiger partial charge in [0.05, 0.1) is 25.2 Å². The molecule has 0 aliphatic carbocycles. The van der Waals surface area contributed by atoms with E-state index in [-0.39, 0.29) is 12.4 Å². The van der Waals surface area contributed by atoms with Crippen molar-refractivity contribution < 1.29 is 23.8 Å². The Hall–Kier alpha value is -2.04. The Morgan fingerprint density at radius 2 is 1.75 bits per heavy atom. The molecule has 5 heteroatoms. The minimum absolute atomic E-state index is 0.307. The number of esters is 1. The van der Waals surface area contributed by atoms with Gasteiger partial charge in [-0.25, -0.2) is 0 Å². The fraction of sp³-hybridized carbons (Fsp3) is 0.467. The highest BCUT2D eigenvalue weighted by Crippen LogP contribution is 2.25. The molecule has 0 aliphatic heterocycles. The quantitative estimate of drug-likeness (QED) is 0.612. The summed E-state index contributed by atoms with van der Waals surface area (Å²) < 4.78 is 15.2. The summed E-state index contributed by atoms with van der Waals surface area (Å²) in [5.41, 5.74) is -0.278. The van der Waals surface area contributed by atoms with E-state index in [0.717, 1.165) is 0 Å². The Bertz CT molecular complexity index is 499. The maximum Gasteiger partial charge on any atom is 0.311 e. The second kappa shape index (κ2) is 6.41. The highest BCUT2D eigenvalue weighted by atomic mass is 16.5. The van der Waals surface area contributed by atoms with Gasteiger partial charge in [0.2, 0.25) is 5.78 Å². The molecule has 5 nitrogen and oxygen atoms in total. The molecule has 0 saturated carbocycles. The number of carbonyl (C=O) groups is 2. The van der Waals surface area contributed by atoms with Gasteiger partial charge in [0, 0.05) is 6.07 Å². The van der Waals surface area contributed by atoms with Crippen LogP contribution in [-0.4, -0.2) is 32.6 Å². The van der Waals surface area contributed by atoms with Gasteiger partial charge in [-0.05, 0) is 32.9 Å². The number of methoxy groups -OCH3 is 2. The zero-order valence-electron chi connectivity index (χ0n) is 12.5. The minimum atomic E-state index is -0.635. The molecule has 0 N–H and O–H groups in total. The molecule has 0 aliphatic rings. The normalized spacial score (nSPS) is 10.8. The van der Waals surface area contributed by atoms with E-state index >= 15 is 0 Å². The molecule has 0 spiro atoms. The van der Waals surface area contributed by atoms with E-state index in [1.165, 1.54) is 14.2 Å². The number of hydrogen-bond acceptors (Lipinski definition) is 5. The summed E-state index contributed by atoms with van der Waals surface area (Å²) in [5.74, 6) is 0.242. The first-order chi connectivity index (χ1) is 9.29. The lowest BCUT2D eigenvalue weighted by Gasteiger charge is -2.16. The lowest BCUT2D eigenvalue weighted by atomic mass is 9.97. The van der Waals surface area contributed by atoms with Gasteiger partial charge in [0.15, 0.2) is 6.61 Å². The van der Waals surface area contributed by atoms with Crippen molar-refractivity contribution in [2.45, 2.75) is 20.8 Å². The first-order valence-electron chi connectivity index (χ1n) is 6.22. The maximum absolute atomic E-state index is 12.1. The summed E-state index contributed by atoms with van der Waals surface area (Å²) in [6, 6.07) is 4.85. The van der Waals surface area contributed by atoms with Gasteiger partial charge < -0.3 is 14.2 Å². The number of ketones is 1. The van der Waals surface area contributed by atoms with E-state index in [0.29, 0.717) is 17.1 Å². The standard InChI is InChI=1S/C15H20O5/c1-15(2,3)14(17)20-9-12(16)11-7-6-10(18-4)8-13(11)19-5/h6-8H,9H2,1-5H3. The van der Waals surface area contributed by atoms with Crippen molar-refractivity contribution in [3.8, 4) is 11.5 Å². The first-order valence-corrected chi connectivity index (χ1v) is 6.22. The Balaban J connectivity index is 2.80. The zero-order valence-corrected chi connectivity index (χ0v) is 12.5. The fourth-order valence-electron chi connectivity index (χ4n) is 1.45. The van der Waals surface area contributed by atoms with Crippen LogP contribution in [0.15, 0.2) is 18.2 Å². The molecular formula is C15H20O5. The molecular weight excluding hydrogens is 260 g/mol. The number of benzene rings is 1. The van der Waals surface area contributed by atoms with Crippen LogP contribution in [0.2, 0.25) is 0 Å². The zero-order chi connectivity index (χ0) is 15.3. The van der Waals surface area contributed by atoms with Crippen molar-refractivity contribution in [3.05, 3.63) is 23.8 Å². The molecule has 110 valence electrons. The molecule has 1 aromatic rings. The highest BCUT2D eigenvalue weighted by molar-refractivity contribution is 6.00. The van der Waals surface area contributed by atoms with Crippen LogP contribution in [0.3, 0.4) is 0 Å². The van der Waals surface area contributed by atoms with Gasteiger partial charge in [0.25, 0.3) is 0 Å². The van der Waals surface area contributed by atoms with Crippen LogP contribution < -0.4 is 9.47 Å². The molecule has 0 amide bonds. The monoisotopic (exact) mass is 280 g/mol. The molecule has 0 aromatic heterocycles. The van der Waals surface area contributed by atoms with Crippen LogP contribution in [0.4, 0.5) is 0 Å². The van der Waals surface area contributed by atoms with Crippen LogP contribution >= 0.6 is 0 Å². The molecule has 0 unspecified atom stereocenters. The van der Waals surface area contributed by atoms with Gasteiger partial charge in [-0.2, -0.15) is 0 Å². The average molecular weight is 280 g/mol. The highest BCUT2D eigenvalue weighted by Gasteiger charge is 2.24. The van der Waals surface area contributed by atoms with E-state index in [9.17, 15) is 9.59 Å². The summed E-state index contributed by atoms with van der Waals surface area (Å²) in [6.45, 7) is 4.88. The summed E-state index contributed by atoms with van der Waals surface area (Å²) >= 11 is 0. The van der Waals surface area contributed by atoms with Gasteiger partial charge in [-0.1, -0.05) is 0 Å². The molecule has 1 rings (SSSR count). The third kappa shape index (κ3) is 3.98. The molecule has 0 saturated heterocycles. The third-order valence-electron chi connectivity index (χ3n) is 2.66. The van der Waals surface area contributed by atoms with Crippen molar-refractivity contribution in [1.82, 2.24) is 0 Å². The second-order valence-corrected chi connectivity index (χ2v) is 5.32. The summed E-state index contributed by atoms with van der Waals surface area (Å²) in [5, 5.41) is 0. The number of carbonyl (C=O) groups excluding carboxylic acids is 2. The maximum atomic E-state index is 12.1. The SMILES string of the molecule is COc1ccc(C(=O)COC(=O)C(C)(C)C)c(OC)c1. The molecule has 0 fully saturated rings. The summed E-state index contributed by atoms with van der Waals surface area (Å²) in [6.07, 6.45) is 0. The van der Waals surface area contributed by atoms with E-state index in [1.54, 1.807) is 39.0 Å². The number of Topliss-reactive ketones (excluding diaryl/α,β-unsaturated/α-hetero) is 1. The lowest BCUT2D eigenvalue weighted by molar-refractivity contribution is -0.151. The van der Waals surface area contributed by atoms with Crippen LogP contribution in [0.1, 0.15) is 31.1 Å². The van der Waals surface area contributed by atoms with Crippen molar-refractivity contribution in [2.75, 3.05) is 20.8 Å². The van der Waals surface area contributed by atoms with Crippen molar-refractivity contribution in [3.63, 3.8) is 0 Å². The first kappa shape index (κ1) is 16.0. The number of ether oxygens (including phenoxy) is 3. The third-order valence-corrected chi connectivity index (χ3v) is 2.66. The van der Waals surface area contributed by atoms with Crippen molar-refractivity contribution in [1.29, 1.82) is 0 Å². The Labute approximate surface area is 118 Å². The smallest absolute Gasteiger partial charge is 0.311 e. The predicted octanol–water partition coefficient (Wildman–Crippen LogP) is 2.48. The second-order valence-electron chi connectivity index (χ2n) is 5.32. The van der Waals surface area contributed by atoms with E-state index < -0.39 is 11.4 Å². The Morgan fingerprint density at radius 3 is 2.25 bits per heavy atom. The molecule has 20 heavy (non-hydrogen) atoms. The van der Waals surface area contributed by atoms with Crippen LogP contribution in [-0.2, 0) is 9.53 Å². The van der Waals surface area contributed by atoms with E-state index in [1.807, 2.05) is 0 Å². The summed E-state index contributed by atoms with van der Waals surface area (Å²) in [7, 11) is 2.99. The van der Waals surface area contributed by atoms with Gasteiger partial charge >= 0.3 is 5.97 Å².